The first-order valence-corrected chi connectivity index (χ1v) is 11.9. The SMILES string of the molecule is CC1COCCN1c1nc(-c2ccc(NC(=O)NC3CCCC3O)cc2)nc2c1CCNC2. The standard InChI is InChI=1S/C24H32N6O3/c1-15-14-33-12-11-30(15)23-18-9-10-25-13-20(18)27-22(29-23)16-5-7-17(8-6-16)26-24(32)28-19-3-2-4-21(19)31/h5-8,15,19,21,25,31H,2-4,9-14H2,1H3,(H2,26,28,32). The minimum absolute atomic E-state index is 0.178. The Morgan fingerprint density at radius 2 is 2.09 bits per heavy atom. The number of carbonyl (C=O) groups is 1. The van der Waals surface area contributed by atoms with Crippen molar-refractivity contribution < 1.29 is 14.6 Å². The number of rotatable bonds is 4. The highest BCUT2D eigenvalue weighted by atomic mass is 16.5. The Morgan fingerprint density at radius 1 is 1.24 bits per heavy atom. The van der Waals surface area contributed by atoms with E-state index in [1.165, 1.54) is 5.56 Å². The van der Waals surface area contributed by atoms with Crippen LogP contribution in [0.3, 0.4) is 0 Å². The van der Waals surface area contributed by atoms with Crippen LogP contribution in [0.4, 0.5) is 16.3 Å². The molecule has 3 atom stereocenters. The molecular weight excluding hydrogens is 420 g/mol. The summed E-state index contributed by atoms with van der Waals surface area (Å²) in [5.41, 5.74) is 3.88. The second kappa shape index (κ2) is 9.62. The fourth-order valence-electron chi connectivity index (χ4n) is 4.90. The molecule has 5 rings (SSSR count). The van der Waals surface area contributed by atoms with Crippen molar-refractivity contribution in [3.05, 3.63) is 35.5 Å². The molecule has 2 fully saturated rings. The van der Waals surface area contributed by atoms with Gasteiger partial charge in [-0.1, -0.05) is 0 Å². The van der Waals surface area contributed by atoms with Crippen molar-refractivity contribution in [2.75, 3.05) is 36.5 Å². The van der Waals surface area contributed by atoms with Gasteiger partial charge in [0.25, 0.3) is 0 Å². The average molecular weight is 453 g/mol. The summed E-state index contributed by atoms with van der Waals surface area (Å²) < 4.78 is 5.63. The van der Waals surface area contributed by atoms with E-state index in [0.29, 0.717) is 24.7 Å². The van der Waals surface area contributed by atoms with Gasteiger partial charge >= 0.3 is 6.03 Å². The van der Waals surface area contributed by atoms with Gasteiger partial charge in [-0.05, 0) is 63.4 Å². The largest absolute Gasteiger partial charge is 0.391 e. The monoisotopic (exact) mass is 452 g/mol. The maximum atomic E-state index is 12.3. The van der Waals surface area contributed by atoms with E-state index in [9.17, 15) is 9.90 Å². The first-order valence-electron chi connectivity index (χ1n) is 11.9. The third kappa shape index (κ3) is 4.80. The number of fused-ring (bicyclic) bond motifs is 1. The average Bonchev–Trinajstić information content (AvgIpc) is 3.23. The number of aliphatic hydroxyl groups excluding tert-OH is 1. The van der Waals surface area contributed by atoms with Crippen molar-refractivity contribution in [2.45, 2.75) is 57.3 Å². The van der Waals surface area contributed by atoms with E-state index in [1.54, 1.807) is 0 Å². The summed E-state index contributed by atoms with van der Waals surface area (Å²) in [5, 5.41) is 19.0. The molecule has 9 nitrogen and oxygen atoms in total. The minimum atomic E-state index is -0.461. The summed E-state index contributed by atoms with van der Waals surface area (Å²) in [6, 6.07) is 7.38. The van der Waals surface area contributed by atoms with Crippen molar-refractivity contribution >= 4 is 17.5 Å². The molecular formula is C24H32N6O3. The van der Waals surface area contributed by atoms with Crippen LogP contribution in [0, 0.1) is 0 Å². The van der Waals surface area contributed by atoms with Gasteiger partial charge in [-0.2, -0.15) is 0 Å². The molecule has 1 aromatic heterocycles. The maximum Gasteiger partial charge on any atom is 0.319 e. The Morgan fingerprint density at radius 3 is 2.85 bits per heavy atom. The van der Waals surface area contributed by atoms with Crippen molar-refractivity contribution in [3.8, 4) is 11.4 Å². The number of nitrogens with one attached hydrogen (secondary N) is 3. The second-order valence-electron chi connectivity index (χ2n) is 9.12. The van der Waals surface area contributed by atoms with Crippen LogP contribution in [0.15, 0.2) is 24.3 Å². The lowest BCUT2D eigenvalue weighted by Gasteiger charge is -2.36. The maximum absolute atomic E-state index is 12.3. The second-order valence-corrected chi connectivity index (χ2v) is 9.12. The predicted molar refractivity (Wildman–Crippen MR) is 126 cm³/mol. The minimum Gasteiger partial charge on any atom is -0.391 e. The molecule has 9 heteroatoms. The smallest absolute Gasteiger partial charge is 0.319 e. The van der Waals surface area contributed by atoms with Crippen LogP contribution in [0.2, 0.25) is 0 Å². The first kappa shape index (κ1) is 22.1. The summed E-state index contributed by atoms with van der Waals surface area (Å²) in [6.07, 6.45) is 2.94. The van der Waals surface area contributed by atoms with E-state index in [1.807, 2.05) is 24.3 Å². The predicted octanol–water partition coefficient (Wildman–Crippen LogP) is 2.05. The summed E-state index contributed by atoms with van der Waals surface area (Å²) in [6.45, 7) is 6.07. The molecule has 3 aliphatic rings. The number of ether oxygens (including phenoxy) is 1. The lowest BCUT2D eigenvalue weighted by Crippen LogP contribution is -2.45. The van der Waals surface area contributed by atoms with Crippen molar-refractivity contribution in [1.82, 2.24) is 20.6 Å². The Balaban J connectivity index is 1.35. The number of benzene rings is 1. The molecule has 3 heterocycles. The molecule has 3 unspecified atom stereocenters. The van der Waals surface area contributed by atoms with Crippen molar-refractivity contribution in [2.24, 2.45) is 0 Å². The lowest BCUT2D eigenvalue weighted by molar-refractivity contribution is 0.0984. The van der Waals surface area contributed by atoms with E-state index in [2.05, 4.69) is 27.8 Å². The molecule has 2 aliphatic heterocycles. The van der Waals surface area contributed by atoms with Crippen LogP contribution in [0.5, 0.6) is 0 Å². The van der Waals surface area contributed by atoms with E-state index in [-0.39, 0.29) is 18.1 Å². The Labute approximate surface area is 193 Å². The topological polar surface area (TPSA) is 112 Å². The van der Waals surface area contributed by atoms with Gasteiger partial charge in [-0.3, -0.25) is 0 Å². The van der Waals surface area contributed by atoms with Gasteiger partial charge in [0.1, 0.15) is 5.82 Å². The first-order chi connectivity index (χ1) is 16.1. The normalized spacial score (nSPS) is 24.9. The number of amides is 2. The molecule has 1 aromatic carbocycles. The summed E-state index contributed by atoms with van der Waals surface area (Å²) in [4.78, 5) is 24.5. The summed E-state index contributed by atoms with van der Waals surface area (Å²) in [5.74, 6) is 1.71. The third-order valence-electron chi connectivity index (χ3n) is 6.75. The highest BCUT2D eigenvalue weighted by Crippen LogP contribution is 2.30. The molecule has 2 amide bonds. The number of nitrogens with zero attached hydrogens (tertiary/aromatic N) is 3. The number of hydrogen-bond acceptors (Lipinski definition) is 7. The quantitative estimate of drug-likeness (QED) is 0.562. The Bertz CT molecular complexity index is 998. The van der Waals surface area contributed by atoms with E-state index >= 15 is 0 Å². The number of carbonyl (C=O) groups excluding carboxylic acids is 1. The Kier molecular flexibility index (Phi) is 6.43. The number of aliphatic hydroxyl groups is 1. The fourth-order valence-corrected chi connectivity index (χ4v) is 4.90. The summed E-state index contributed by atoms with van der Waals surface area (Å²) >= 11 is 0. The molecule has 1 aliphatic carbocycles. The van der Waals surface area contributed by atoms with Gasteiger partial charge in [0, 0.05) is 29.9 Å². The van der Waals surface area contributed by atoms with Crippen molar-refractivity contribution in [3.63, 3.8) is 0 Å². The van der Waals surface area contributed by atoms with Gasteiger partial charge in [-0.25, -0.2) is 14.8 Å². The van der Waals surface area contributed by atoms with Gasteiger partial charge < -0.3 is 30.7 Å². The number of aromatic nitrogens is 2. The molecule has 2 aromatic rings. The highest BCUT2D eigenvalue weighted by Gasteiger charge is 2.28. The van der Waals surface area contributed by atoms with Crippen LogP contribution in [-0.2, 0) is 17.7 Å². The van der Waals surface area contributed by atoms with Gasteiger partial charge in [0.05, 0.1) is 37.1 Å². The number of urea groups is 1. The van der Waals surface area contributed by atoms with Crippen LogP contribution < -0.4 is 20.9 Å². The molecule has 1 saturated heterocycles. The highest BCUT2D eigenvalue weighted by molar-refractivity contribution is 5.89. The third-order valence-corrected chi connectivity index (χ3v) is 6.75. The number of anilines is 2. The van der Waals surface area contributed by atoms with Crippen LogP contribution in [-0.4, -0.2) is 65.6 Å². The molecule has 0 spiro atoms. The van der Waals surface area contributed by atoms with Crippen LogP contribution in [0.25, 0.3) is 11.4 Å². The molecule has 33 heavy (non-hydrogen) atoms. The van der Waals surface area contributed by atoms with E-state index < -0.39 is 6.10 Å². The zero-order valence-electron chi connectivity index (χ0n) is 19.0. The Hall–Kier alpha value is -2.75. The van der Waals surface area contributed by atoms with Crippen LogP contribution >= 0.6 is 0 Å². The molecule has 0 bridgehead atoms. The van der Waals surface area contributed by atoms with Gasteiger partial charge in [0.2, 0.25) is 0 Å². The zero-order valence-corrected chi connectivity index (χ0v) is 19.0. The van der Waals surface area contributed by atoms with Gasteiger partial charge in [0.15, 0.2) is 5.82 Å². The van der Waals surface area contributed by atoms with Gasteiger partial charge in [-0.15, -0.1) is 0 Å². The lowest BCUT2D eigenvalue weighted by atomic mass is 10.0. The molecule has 4 N–H and O–H groups in total. The fraction of sp³-hybridized carbons (Fsp3) is 0.542. The molecule has 0 radical (unpaired) electrons. The molecule has 1 saturated carbocycles. The molecule has 176 valence electrons. The van der Waals surface area contributed by atoms with E-state index in [0.717, 1.165) is 62.4 Å². The van der Waals surface area contributed by atoms with Crippen LogP contribution in [0.1, 0.15) is 37.4 Å². The zero-order chi connectivity index (χ0) is 22.8. The van der Waals surface area contributed by atoms with Crippen molar-refractivity contribution in [1.29, 1.82) is 0 Å². The van der Waals surface area contributed by atoms with E-state index in [4.69, 9.17) is 14.7 Å². The number of hydrogen-bond donors (Lipinski definition) is 4. The number of morpholine rings is 1. The summed E-state index contributed by atoms with van der Waals surface area (Å²) in [7, 11) is 0.